The fourth-order valence-corrected chi connectivity index (χ4v) is 2.04. The SMILES string of the molecule is Cc1ccc(N)cc1CN1CCC(F)(F)C1. The van der Waals surface area contributed by atoms with Gasteiger partial charge in [-0.05, 0) is 30.2 Å². The normalized spacial score (nSPS) is 20.2. The molecule has 1 aromatic carbocycles. The van der Waals surface area contributed by atoms with Crippen molar-refractivity contribution in [2.24, 2.45) is 0 Å². The van der Waals surface area contributed by atoms with E-state index in [0.29, 0.717) is 18.8 Å². The van der Waals surface area contributed by atoms with Gasteiger partial charge in [-0.2, -0.15) is 0 Å². The molecule has 16 heavy (non-hydrogen) atoms. The summed E-state index contributed by atoms with van der Waals surface area (Å²) in [5.41, 5.74) is 8.52. The average molecular weight is 226 g/mol. The molecule has 0 saturated carbocycles. The zero-order valence-electron chi connectivity index (χ0n) is 9.34. The molecule has 0 spiro atoms. The number of halogens is 2. The van der Waals surface area contributed by atoms with Crippen molar-refractivity contribution in [1.29, 1.82) is 0 Å². The minimum absolute atomic E-state index is 0.0334. The summed E-state index contributed by atoms with van der Waals surface area (Å²) in [6.07, 6.45) is -0.0334. The highest BCUT2D eigenvalue weighted by molar-refractivity contribution is 5.44. The standard InChI is InChI=1S/C12H16F2N2/c1-9-2-3-11(15)6-10(9)7-16-5-4-12(13,14)8-16/h2-3,6H,4-5,7-8,15H2,1H3. The van der Waals surface area contributed by atoms with Gasteiger partial charge in [0.05, 0.1) is 6.54 Å². The minimum atomic E-state index is -2.52. The van der Waals surface area contributed by atoms with Crippen LogP contribution >= 0.6 is 0 Å². The van der Waals surface area contributed by atoms with Crippen LogP contribution in [0.3, 0.4) is 0 Å². The second kappa shape index (κ2) is 4.01. The lowest BCUT2D eigenvalue weighted by Crippen LogP contribution is -2.25. The van der Waals surface area contributed by atoms with Gasteiger partial charge in [0.15, 0.2) is 0 Å². The molecule has 0 atom stereocenters. The summed E-state index contributed by atoms with van der Waals surface area (Å²) in [6, 6.07) is 5.63. The summed E-state index contributed by atoms with van der Waals surface area (Å²) in [7, 11) is 0. The maximum absolute atomic E-state index is 13.0. The Bertz CT molecular complexity index is 391. The first-order chi connectivity index (χ1) is 7.46. The number of aryl methyl sites for hydroxylation is 1. The van der Waals surface area contributed by atoms with Gasteiger partial charge < -0.3 is 5.73 Å². The lowest BCUT2D eigenvalue weighted by Gasteiger charge is -2.17. The van der Waals surface area contributed by atoms with Gasteiger partial charge in [0, 0.05) is 25.2 Å². The molecule has 1 aromatic rings. The van der Waals surface area contributed by atoms with Gasteiger partial charge >= 0.3 is 0 Å². The van der Waals surface area contributed by atoms with E-state index in [1.165, 1.54) is 0 Å². The Labute approximate surface area is 94.0 Å². The molecule has 2 nitrogen and oxygen atoms in total. The predicted molar refractivity (Wildman–Crippen MR) is 60.4 cm³/mol. The van der Waals surface area contributed by atoms with Crippen molar-refractivity contribution in [1.82, 2.24) is 4.90 Å². The topological polar surface area (TPSA) is 29.3 Å². The quantitative estimate of drug-likeness (QED) is 0.785. The number of alkyl halides is 2. The van der Waals surface area contributed by atoms with Crippen LogP contribution < -0.4 is 5.73 Å². The third kappa shape index (κ3) is 2.50. The highest BCUT2D eigenvalue weighted by Gasteiger charge is 2.37. The second-order valence-corrected chi connectivity index (χ2v) is 4.50. The highest BCUT2D eigenvalue weighted by Crippen LogP contribution is 2.28. The molecule has 1 aliphatic heterocycles. The smallest absolute Gasteiger partial charge is 0.261 e. The Morgan fingerprint density at radius 3 is 2.81 bits per heavy atom. The number of nitrogens with zero attached hydrogens (tertiary/aromatic N) is 1. The fraction of sp³-hybridized carbons (Fsp3) is 0.500. The van der Waals surface area contributed by atoms with Gasteiger partial charge in [0.1, 0.15) is 0 Å². The van der Waals surface area contributed by atoms with Gasteiger partial charge in [-0.3, -0.25) is 4.90 Å². The van der Waals surface area contributed by atoms with Crippen LogP contribution in [0.15, 0.2) is 18.2 Å². The first-order valence-electron chi connectivity index (χ1n) is 5.41. The van der Waals surface area contributed by atoms with Gasteiger partial charge in [-0.15, -0.1) is 0 Å². The lowest BCUT2D eigenvalue weighted by molar-refractivity contribution is 0.0115. The number of benzene rings is 1. The second-order valence-electron chi connectivity index (χ2n) is 4.50. The Morgan fingerprint density at radius 2 is 2.19 bits per heavy atom. The van der Waals surface area contributed by atoms with E-state index in [4.69, 9.17) is 5.73 Å². The molecular formula is C12H16F2N2. The maximum Gasteiger partial charge on any atom is 0.261 e. The van der Waals surface area contributed by atoms with E-state index in [2.05, 4.69) is 0 Å². The first-order valence-corrected chi connectivity index (χ1v) is 5.41. The van der Waals surface area contributed by atoms with Crippen LogP contribution in [-0.4, -0.2) is 23.9 Å². The first kappa shape index (κ1) is 11.3. The van der Waals surface area contributed by atoms with Crippen LogP contribution in [-0.2, 0) is 6.54 Å². The van der Waals surface area contributed by atoms with Crippen molar-refractivity contribution in [3.8, 4) is 0 Å². The molecule has 1 aliphatic rings. The van der Waals surface area contributed by atoms with Crippen molar-refractivity contribution in [2.75, 3.05) is 18.8 Å². The summed E-state index contributed by atoms with van der Waals surface area (Å²) in [5.74, 6) is -2.52. The summed E-state index contributed by atoms with van der Waals surface area (Å²) < 4.78 is 26.0. The average Bonchev–Trinajstić information content (AvgIpc) is 2.52. The molecule has 0 amide bonds. The maximum atomic E-state index is 13.0. The Hall–Kier alpha value is -1.16. The lowest BCUT2D eigenvalue weighted by atomic mass is 10.1. The number of nitrogen functional groups attached to an aromatic ring is 1. The predicted octanol–water partition coefficient (Wildman–Crippen LogP) is 2.42. The van der Waals surface area contributed by atoms with Crippen LogP contribution in [0.4, 0.5) is 14.5 Å². The van der Waals surface area contributed by atoms with E-state index >= 15 is 0 Å². The van der Waals surface area contributed by atoms with E-state index in [1.54, 1.807) is 4.90 Å². The third-order valence-corrected chi connectivity index (χ3v) is 3.02. The molecule has 2 rings (SSSR count). The zero-order valence-corrected chi connectivity index (χ0v) is 9.34. The van der Waals surface area contributed by atoms with Crippen molar-refractivity contribution >= 4 is 5.69 Å². The van der Waals surface area contributed by atoms with E-state index in [9.17, 15) is 8.78 Å². The molecule has 4 heteroatoms. The van der Waals surface area contributed by atoms with Crippen molar-refractivity contribution < 1.29 is 8.78 Å². The number of nitrogens with two attached hydrogens (primary N) is 1. The third-order valence-electron chi connectivity index (χ3n) is 3.02. The van der Waals surface area contributed by atoms with Crippen molar-refractivity contribution in [3.05, 3.63) is 29.3 Å². The van der Waals surface area contributed by atoms with E-state index in [0.717, 1.165) is 11.1 Å². The number of hydrogen-bond donors (Lipinski definition) is 1. The minimum Gasteiger partial charge on any atom is -0.399 e. The zero-order chi connectivity index (χ0) is 11.8. The summed E-state index contributed by atoms with van der Waals surface area (Å²) in [5, 5.41) is 0. The molecule has 0 bridgehead atoms. The monoisotopic (exact) mass is 226 g/mol. The number of hydrogen-bond acceptors (Lipinski definition) is 2. The molecule has 0 radical (unpaired) electrons. The molecule has 1 fully saturated rings. The molecule has 0 unspecified atom stereocenters. The van der Waals surface area contributed by atoms with Gasteiger partial charge in [0.25, 0.3) is 5.92 Å². The molecular weight excluding hydrogens is 210 g/mol. The van der Waals surface area contributed by atoms with Crippen LogP contribution in [0, 0.1) is 6.92 Å². The van der Waals surface area contributed by atoms with Crippen LogP contribution in [0.2, 0.25) is 0 Å². The van der Waals surface area contributed by atoms with Crippen LogP contribution in [0.5, 0.6) is 0 Å². The summed E-state index contributed by atoms with van der Waals surface area (Å²) >= 11 is 0. The van der Waals surface area contributed by atoms with Crippen LogP contribution in [0.1, 0.15) is 17.5 Å². The largest absolute Gasteiger partial charge is 0.399 e. The Morgan fingerprint density at radius 1 is 1.44 bits per heavy atom. The molecule has 1 heterocycles. The fourth-order valence-electron chi connectivity index (χ4n) is 2.04. The Balaban J connectivity index is 2.07. The van der Waals surface area contributed by atoms with Gasteiger partial charge in [-0.25, -0.2) is 8.78 Å². The number of rotatable bonds is 2. The molecule has 2 N–H and O–H groups in total. The van der Waals surface area contributed by atoms with E-state index in [-0.39, 0.29) is 13.0 Å². The summed E-state index contributed by atoms with van der Waals surface area (Å²) in [4.78, 5) is 1.78. The molecule has 1 saturated heterocycles. The molecule has 0 aromatic heterocycles. The highest BCUT2D eigenvalue weighted by atomic mass is 19.3. The van der Waals surface area contributed by atoms with Gasteiger partial charge in [-0.1, -0.05) is 6.07 Å². The number of likely N-dealkylation sites (tertiary alicyclic amines) is 1. The summed E-state index contributed by atoms with van der Waals surface area (Å²) in [6.45, 7) is 2.86. The molecule has 0 aliphatic carbocycles. The van der Waals surface area contributed by atoms with E-state index < -0.39 is 5.92 Å². The van der Waals surface area contributed by atoms with Crippen molar-refractivity contribution in [3.63, 3.8) is 0 Å². The molecule has 88 valence electrons. The van der Waals surface area contributed by atoms with E-state index in [1.807, 2.05) is 25.1 Å². The number of anilines is 1. The van der Waals surface area contributed by atoms with Crippen LogP contribution in [0.25, 0.3) is 0 Å². The van der Waals surface area contributed by atoms with Gasteiger partial charge in [0.2, 0.25) is 0 Å². The Kier molecular flexibility index (Phi) is 2.84. The van der Waals surface area contributed by atoms with Crippen molar-refractivity contribution in [2.45, 2.75) is 25.8 Å².